The normalized spacial score (nSPS) is 19.0. The van der Waals surface area contributed by atoms with Gasteiger partial charge in [-0.25, -0.2) is 13.4 Å². The average Bonchev–Trinajstić information content (AvgIpc) is 3.35. The minimum absolute atomic E-state index is 0.000484. The van der Waals surface area contributed by atoms with Gasteiger partial charge in [-0.15, -0.1) is 0 Å². The van der Waals surface area contributed by atoms with Gasteiger partial charge in [0.15, 0.2) is 0 Å². The maximum Gasteiger partial charge on any atom is 0.230 e. The maximum atomic E-state index is 14.3. The number of hydrogen-bond acceptors (Lipinski definition) is 4. The van der Waals surface area contributed by atoms with Crippen molar-refractivity contribution in [1.82, 2.24) is 4.98 Å². The summed E-state index contributed by atoms with van der Waals surface area (Å²) in [7, 11) is -3.22. The second kappa shape index (κ2) is 7.27. The van der Waals surface area contributed by atoms with Crippen molar-refractivity contribution in [3.63, 3.8) is 0 Å². The number of amides is 1. The summed E-state index contributed by atoms with van der Waals surface area (Å²) in [4.78, 5) is 19.3. The van der Waals surface area contributed by atoms with Crippen LogP contribution in [0.15, 0.2) is 59.6 Å². The number of benzene rings is 2. The Balaban J connectivity index is 1.41. The van der Waals surface area contributed by atoms with E-state index in [1.54, 1.807) is 11.1 Å². The Bertz CT molecular complexity index is 1310. The smallest absolute Gasteiger partial charge is 0.230 e. The van der Waals surface area contributed by atoms with Crippen LogP contribution in [-0.2, 0) is 33.8 Å². The Kier molecular flexibility index (Phi) is 4.66. The molecule has 3 aromatic rings. The first kappa shape index (κ1) is 19.9. The first-order valence-corrected chi connectivity index (χ1v) is 12.2. The van der Waals surface area contributed by atoms with E-state index in [0.717, 1.165) is 22.4 Å². The number of nitrogens with zero attached hydrogens (tertiary/aromatic N) is 2. The fourth-order valence-electron chi connectivity index (χ4n) is 4.62. The Hall–Kier alpha value is -3.06. The lowest BCUT2D eigenvalue weighted by molar-refractivity contribution is -0.122. The van der Waals surface area contributed by atoms with Crippen LogP contribution in [0.3, 0.4) is 0 Å². The molecule has 7 heteroatoms. The summed E-state index contributed by atoms with van der Waals surface area (Å²) >= 11 is 0. The zero-order valence-electron chi connectivity index (χ0n) is 17.1. The minimum Gasteiger partial charge on any atom is -0.312 e. The van der Waals surface area contributed by atoms with E-state index in [1.165, 1.54) is 24.0 Å². The molecule has 1 aromatic heterocycles. The van der Waals surface area contributed by atoms with Crippen molar-refractivity contribution >= 4 is 21.3 Å². The molecule has 5 nitrogen and oxygen atoms in total. The number of halogens is 1. The van der Waals surface area contributed by atoms with E-state index in [1.807, 2.05) is 24.3 Å². The Morgan fingerprint density at radius 1 is 1.13 bits per heavy atom. The molecule has 1 amide bonds. The van der Waals surface area contributed by atoms with Gasteiger partial charge in [0, 0.05) is 36.2 Å². The molecule has 2 aliphatic rings. The molecule has 0 unspecified atom stereocenters. The van der Waals surface area contributed by atoms with Gasteiger partial charge in [0.25, 0.3) is 0 Å². The Morgan fingerprint density at radius 3 is 2.68 bits per heavy atom. The van der Waals surface area contributed by atoms with Crippen LogP contribution in [-0.4, -0.2) is 27.9 Å². The van der Waals surface area contributed by atoms with Gasteiger partial charge >= 0.3 is 0 Å². The third kappa shape index (κ3) is 3.53. The summed E-state index contributed by atoms with van der Waals surface area (Å²) < 4.78 is 34.3. The van der Waals surface area contributed by atoms with E-state index in [2.05, 4.69) is 17.1 Å². The van der Waals surface area contributed by atoms with Gasteiger partial charge < -0.3 is 4.90 Å². The molecule has 0 fully saturated rings. The summed E-state index contributed by atoms with van der Waals surface area (Å²) in [5.74, 6) is -0.819. The first-order chi connectivity index (χ1) is 14.8. The molecule has 0 spiro atoms. The number of anilines is 1. The SMILES string of the molecule is C[S@](=N)(=O)c1cc2c(cc1F)CCN2C(=O)[C@@H]1Cc2ccc(-c3ccccn3)cc2C1. The van der Waals surface area contributed by atoms with Crippen LogP contribution in [0.2, 0.25) is 0 Å². The van der Waals surface area contributed by atoms with Gasteiger partial charge in [0.05, 0.1) is 20.3 Å². The van der Waals surface area contributed by atoms with Crippen LogP contribution in [0.1, 0.15) is 16.7 Å². The van der Waals surface area contributed by atoms with Crippen molar-refractivity contribution in [2.45, 2.75) is 24.2 Å². The summed E-state index contributed by atoms with van der Waals surface area (Å²) in [5.41, 5.74) is 5.58. The highest BCUT2D eigenvalue weighted by atomic mass is 32.2. The van der Waals surface area contributed by atoms with E-state index in [9.17, 15) is 13.4 Å². The van der Waals surface area contributed by atoms with Gasteiger partial charge in [-0.2, -0.15) is 0 Å². The highest BCUT2D eigenvalue weighted by Gasteiger charge is 2.35. The summed E-state index contributed by atoms with van der Waals surface area (Å²) in [5, 5.41) is 0. The molecule has 1 aliphatic heterocycles. The van der Waals surface area contributed by atoms with Crippen LogP contribution < -0.4 is 4.90 Å². The fraction of sp³-hybridized carbons (Fsp3) is 0.250. The lowest BCUT2D eigenvalue weighted by Gasteiger charge is -2.22. The zero-order chi connectivity index (χ0) is 21.8. The number of aromatic nitrogens is 1. The van der Waals surface area contributed by atoms with Gasteiger partial charge in [-0.05, 0) is 66.3 Å². The largest absolute Gasteiger partial charge is 0.312 e. The van der Waals surface area contributed by atoms with E-state index in [0.29, 0.717) is 31.5 Å². The molecule has 31 heavy (non-hydrogen) atoms. The topological polar surface area (TPSA) is 74.1 Å². The third-order valence-electron chi connectivity index (χ3n) is 6.16. The van der Waals surface area contributed by atoms with Gasteiger partial charge in [0.2, 0.25) is 5.91 Å². The molecule has 0 saturated carbocycles. The second-order valence-electron chi connectivity index (χ2n) is 8.30. The quantitative estimate of drug-likeness (QED) is 0.669. The number of nitrogens with one attached hydrogen (secondary N) is 1. The average molecular weight is 436 g/mol. The molecule has 2 atom stereocenters. The molecule has 2 aromatic carbocycles. The summed E-state index contributed by atoms with van der Waals surface area (Å²) in [6.07, 6.45) is 4.84. The second-order valence-corrected chi connectivity index (χ2v) is 10.4. The molecule has 0 radical (unpaired) electrons. The summed E-state index contributed by atoms with van der Waals surface area (Å²) in [6.45, 7) is 0.478. The highest BCUT2D eigenvalue weighted by Crippen LogP contribution is 2.37. The molecule has 0 saturated heterocycles. The predicted molar refractivity (Wildman–Crippen MR) is 118 cm³/mol. The maximum absolute atomic E-state index is 14.3. The molecule has 158 valence electrons. The van der Waals surface area contributed by atoms with E-state index in [-0.39, 0.29) is 16.7 Å². The molecular weight excluding hydrogens is 413 g/mol. The number of carbonyl (C=O) groups excluding carboxylic acids is 1. The van der Waals surface area contributed by atoms with Crippen molar-refractivity contribution in [3.05, 3.63) is 77.2 Å². The Morgan fingerprint density at radius 2 is 1.94 bits per heavy atom. The highest BCUT2D eigenvalue weighted by molar-refractivity contribution is 7.91. The monoisotopic (exact) mass is 435 g/mol. The molecular formula is C24H22FN3O2S. The van der Waals surface area contributed by atoms with E-state index < -0.39 is 15.5 Å². The van der Waals surface area contributed by atoms with Crippen LogP contribution in [0.5, 0.6) is 0 Å². The zero-order valence-corrected chi connectivity index (χ0v) is 17.9. The van der Waals surface area contributed by atoms with Crippen molar-refractivity contribution in [1.29, 1.82) is 4.78 Å². The minimum atomic E-state index is -3.22. The van der Waals surface area contributed by atoms with Crippen molar-refractivity contribution < 1.29 is 13.4 Å². The number of pyridine rings is 1. The summed E-state index contributed by atoms with van der Waals surface area (Å²) in [6, 6.07) is 14.8. The van der Waals surface area contributed by atoms with Crippen LogP contribution in [0, 0.1) is 16.5 Å². The van der Waals surface area contributed by atoms with Gasteiger partial charge in [0.1, 0.15) is 5.82 Å². The molecule has 5 rings (SSSR count). The molecule has 1 N–H and O–H groups in total. The van der Waals surface area contributed by atoms with Gasteiger partial charge in [-0.3, -0.25) is 9.78 Å². The lowest BCUT2D eigenvalue weighted by atomic mass is 10.0. The van der Waals surface area contributed by atoms with E-state index in [4.69, 9.17) is 4.78 Å². The number of fused-ring (bicyclic) bond motifs is 2. The van der Waals surface area contributed by atoms with Gasteiger partial charge in [-0.1, -0.05) is 18.2 Å². The van der Waals surface area contributed by atoms with Crippen LogP contribution >= 0.6 is 0 Å². The van der Waals surface area contributed by atoms with Crippen LogP contribution in [0.4, 0.5) is 10.1 Å². The molecule has 0 bridgehead atoms. The number of carbonyl (C=O) groups is 1. The number of rotatable bonds is 3. The van der Waals surface area contributed by atoms with Crippen molar-refractivity contribution in [3.8, 4) is 11.3 Å². The lowest BCUT2D eigenvalue weighted by Crippen LogP contribution is -2.35. The first-order valence-electron chi connectivity index (χ1n) is 10.2. The van der Waals surface area contributed by atoms with Crippen LogP contribution in [0.25, 0.3) is 11.3 Å². The predicted octanol–water partition coefficient (Wildman–Crippen LogP) is 4.23. The number of hydrogen-bond donors (Lipinski definition) is 1. The third-order valence-corrected chi connectivity index (χ3v) is 7.32. The van der Waals surface area contributed by atoms with E-state index >= 15 is 0 Å². The Labute approximate surface area is 180 Å². The standard InChI is InChI=1S/C24H22FN3O2S/c1-31(26,30)23-14-22-17(13-20(23)25)7-9-28(22)24(29)19-10-15-5-6-16(11-18(15)12-19)21-4-2-3-8-27-21/h2-6,8,11,13-14,19,26H,7,9-10,12H2,1H3/t19-,31+/m1/s1. The van der Waals surface area contributed by atoms with Crippen molar-refractivity contribution in [2.24, 2.45) is 5.92 Å². The van der Waals surface area contributed by atoms with Crippen molar-refractivity contribution in [2.75, 3.05) is 17.7 Å². The molecule has 1 aliphatic carbocycles. The fourth-order valence-corrected chi connectivity index (χ4v) is 5.39. The molecule has 2 heterocycles.